The molecular weight excluding hydrogens is 443 g/mol. The van der Waals surface area contributed by atoms with Gasteiger partial charge in [0.25, 0.3) is 5.91 Å². The molecule has 1 saturated heterocycles. The maximum Gasteiger partial charge on any atom is 0.258 e. The molecule has 1 N–H and O–H groups in total. The van der Waals surface area contributed by atoms with Crippen molar-refractivity contribution in [3.8, 4) is 5.75 Å². The van der Waals surface area contributed by atoms with E-state index in [4.69, 9.17) is 9.84 Å². The van der Waals surface area contributed by atoms with Gasteiger partial charge in [0.2, 0.25) is 0 Å². The minimum absolute atomic E-state index is 0.0104. The largest absolute Gasteiger partial charge is 0.483 e. The van der Waals surface area contributed by atoms with E-state index in [2.05, 4.69) is 17.3 Å². The fraction of sp³-hybridized carbons (Fsp3) is 0.429. The van der Waals surface area contributed by atoms with E-state index in [0.29, 0.717) is 22.9 Å². The first-order valence-corrected chi connectivity index (χ1v) is 12.4. The average Bonchev–Trinajstić information content (AvgIpc) is 3.13. The van der Waals surface area contributed by atoms with Gasteiger partial charge in [-0.15, -0.1) is 0 Å². The Kier molecular flexibility index (Phi) is 6.13. The number of carbonyl (C=O) groups excluding carboxylic acids is 1. The number of nitrogens with zero attached hydrogens (tertiary/aromatic N) is 3. The third kappa shape index (κ3) is 4.82. The number of carbonyl (C=O) groups is 1. The number of ether oxygens (including phenoxy) is 1. The van der Waals surface area contributed by atoms with E-state index in [1.807, 2.05) is 43.7 Å². The van der Waals surface area contributed by atoms with Crippen molar-refractivity contribution in [2.45, 2.75) is 52.2 Å². The fourth-order valence-corrected chi connectivity index (χ4v) is 5.04. The van der Waals surface area contributed by atoms with Crippen LogP contribution in [0.1, 0.15) is 54.7 Å². The lowest BCUT2D eigenvalue weighted by atomic mass is 9.94. The Morgan fingerprint density at radius 2 is 2.00 bits per heavy atom. The highest BCUT2D eigenvalue weighted by atomic mass is 19.1. The summed E-state index contributed by atoms with van der Waals surface area (Å²) in [6.45, 7) is 8.96. The van der Waals surface area contributed by atoms with E-state index in [0.717, 1.165) is 42.7 Å². The highest BCUT2D eigenvalue weighted by Crippen LogP contribution is 2.34. The summed E-state index contributed by atoms with van der Waals surface area (Å²) in [4.78, 5) is 15.4. The molecule has 2 aromatic carbocycles. The van der Waals surface area contributed by atoms with Crippen molar-refractivity contribution in [1.29, 1.82) is 0 Å². The van der Waals surface area contributed by atoms with Gasteiger partial charge in [-0.25, -0.2) is 4.39 Å². The molecule has 1 amide bonds. The number of likely N-dealkylation sites (tertiary alicyclic amines) is 1. The Morgan fingerprint density at radius 3 is 2.77 bits per heavy atom. The van der Waals surface area contributed by atoms with E-state index in [-0.39, 0.29) is 5.56 Å². The lowest BCUT2D eigenvalue weighted by molar-refractivity contribution is 0.102. The van der Waals surface area contributed by atoms with Gasteiger partial charge in [-0.1, -0.05) is 0 Å². The summed E-state index contributed by atoms with van der Waals surface area (Å²) in [7, 11) is 2.18. The van der Waals surface area contributed by atoms with Gasteiger partial charge in [0.1, 0.15) is 17.2 Å². The molecule has 2 aliphatic rings. The van der Waals surface area contributed by atoms with Crippen LogP contribution in [0.3, 0.4) is 0 Å². The molecule has 3 heterocycles. The third-order valence-corrected chi connectivity index (χ3v) is 7.19. The van der Waals surface area contributed by atoms with E-state index < -0.39 is 17.3 Å². The van der Waals surface area contributed by atoms with Crippen molar-refractivity contribution < 1.29 is 13.9 Å². The maximum absolute atomic E-state index is 15.2. The van der Waals surface area contributed by atoms with Crippen LogP contribution in [0, 0.1) is 18.7 Å². The lowest BCUT2D eigenvalue weighted by Crippen LogP contribution is -2.30. The lowest BCUT2D eigenvalue weighted by Gasteiger charge is -2.28. The Bertz CT molecular complexity index is 1300. The number of anilines is 1. The molecule has 0 spiro atoms. The third-order valence-electron chi connectivity index (χ3n) is 7.19. The number of aryl methyl sites for hydroxylation is 2. The van der Waals surface area contributed by atoms with E-state index in [1.165, 1.54) is 18.9 Å². The molecule has 0 atom stereocenters. The standard InChI is InChI=1S/C28H33FN4O2/c1-18-21-6-5-20(17-24(21)33(31-18)16-12-19-10-14-32(4)15-11-19)30-27(34)23-7-8-25-22(26(23)29)9-13-28(2,3)35-25/h5-9,13,17,19H,10-12,14-16H2,1-4H3,(H,30,34). The molecular formula is C28H33FN4O2. The van der Waals surface area contributed by atoms with E-state index in [1.54, 1.807) is 18.2 Å². The molecule has 0 unspecified atom stereocenters. The van der Waals surface area contributed by atoms with Gasteiger partial charge < -0.3 is 15.0 Å². The zero-order chi connectivity index (χ0) is 24.7. The van der Waals surface area contributed by atoms with Gasteiger partial charge in [-0.3, -0.25) is 9.48 Å². The number of amides is 1. The molecule has 0 radical (unpaired) electrons. The molecule has 2 aliphatic heterocycles. The number of rotatable bonds is 5. The smallest absolute Gasteiger partial charge is 0.258 e. The van der Waals surface area contributed by atoms with E-state index >= 15 is 4.39 Å². The van der Waals surface area contributed by atoms with Crippen molar-refractivity contribution >= 4 is 28.6 Å². The first kappa shape index (κ1) is 23.5. The van der Waals surface area contributed by atoms with Crippen molar-refractivity contribution in [3.05, 3.63) is 59.0 Å². The maximum atomic E-state index is 15.2. The zero-order valence-electron chi connectivity index (χ0n) is 20.9. The van der Waals surface area contributed by atoms with Crippen LogP contribution in [-0.2, 0) is 6.54 Å². The number of aromatic nitrogens is 2. The molecule has 35 heavy (non-hydrogen) atoms. The molecule has 0 saturated carbocycles. The highest BCUT2D eigenvalue weighted by molar-refractivity contribution is 6.06. The van der Waals surface area contributed by atoms with Crippen LogP contribution in [0.2, 0.25) is 0 Å². The summed E-state index contributed by atoms with van der Waals surface area (Å²) in [6.07, 6.45) is 7.01. The number of hydrogen-bond donors (Lipinski definition) is 1. The number of fused-ring (bicyclic) bond motifs is 2. The van der Waals surface area contributed by atoms with Crippen molar-refractivity contribution in [3.63, 3.8) is 0 Å². The van der Waals surface area contributed by atoms with Gasteiger partial charge in [0, 0.05) is 17.6 Å². The number of hydrogen-bond acceptors (Lipinski definition) is 4. The second-order valence-corrected chi connectivity index (χ2v) is 10.4. The molecule has 7 heteroatoms. The summed E-state index contributed by atoms with van der Waals surface area (Å²) in [5.74, 6) is 0.0880. The first-order chi connectivity index (χ1) is 16.7. The van der Waals surface area contributed by atoms with Gasteiger partial charge >= 0.3 is 0 Å². The summed E-state index contributed by atoms with van der Waals surface area (Å²) in [6, 6.07) is 8.89. The predicted octanol–water partition coefficient (Wildman–Crippen LogP) is 5.65. The number of halogens is 1. The molecule has 5 rings (SSSR count). The second kappa shape index (κ2) is 9.11. The van der Waals surface area contributed by atoms with Crippen molar-refractivity contribution in [2.24, 2.45) is 5.92 Å². The summed E-state index contributed by atoms with van der Waals surface area (Å²) >= 11 is 0. The molecule has 1 aromatic heterocycles. The topological polar surface area (TPSA) is 59.4 Å². The van der Waals surface area contributed by atoms with Crippen LogP contribution in [-0.4, -0.2) is 46.3 Å². The quantitative estimate of drug-likeness (QED) is 0.517. The monoisotopic (exact) mass is 476 g/mol. The number of nitrogens with one attached hydrogen (secondary N) is 1. The Morgan fingerprint density at radius 1 is 1.23 bits per heavy atom. The Labute approximate surface area is 205 Å². The molecule has 0 bridgehead atoms. The first-order valence-electron chi connectivity index (χ1n) is 12.4. The van der Waals surface area contributed by atoms with Gasteiger partial charge in [0.15, 0.2) is 0 Å². The SMILES string of the molecule is Cc1nn(CCC2CCN(C)CC2)c2cc(NC(=O)c3ccc4c(c3F)C=CC(C)(C)O4)ccc12. The minimum Gasteiger partial charge on any atom is -0.483 e. The molecule has 1 fully saturated rings. The Hall–Kier alpha value is -3.19. The average molecular weight is 477 g/mol. The highest BCUT2D eigenvalue weighted by Gasteiger charge is 2.26. The molecule has 184 valence electrons. The fourth-order valence-electron chi connectivity index (χ4n) is 5.04. The van der Waals surface area contributed by atoms with Crippen molar-refractivity contribution in [1.82, 2.24) is 14.7 Å². The van der Waals surface area contributed by atoms with Crippen LogP contribution >= 0.6 is 0 Å². The van der Waals surface area contributed by atoms with Crippen molar-refractivity contribution in [2.75, 3.05) is 25.5 Å². The number of piperidine rings is 1. The zero-order valence-corrected chi connectivity index (χ0v) is 20.9. The minimum atomic E-state index is -0.577. The summed E-state index contributed by atoms with van der Waals surface area (Å²) in [5, 5.41) is 8.69. The van der Waals surface area contributed by atoms with Crippen LogP contribution < -0.4 is 10.1 Å². The summed E-state index contributed by atoms with van der Waals surface area (Å²) < 4.78 is 23.0. The van der Waals surface area contributed by atoms with Crippen LogP contribution in [0.5, 0.6) is 5.75 Å². The van der Waals surface area contributed by atoms with Gasteiger partial charge in [-0.2, -0.15) is 5.10 Å². The molecule has 6 nitrogen and oxygen atoms in total. The van der Waals surface area contributed by atoms with Crippen LogP contribution in [0.15, 0.2) is 36.4 Å². The summed E-state index contributed by atoms with van der Waals surface area (Å²) in [5.41, 5.74) is 2.36. The predicted molar refractivity (Wildman–Crippen MR) is 137 cm³/mol. The van der Waals surface area contributed by atoms with E-state index in [9.17, 15) is 4.79 Å². The van der Waals surface area contributed by atoms with Crippen LogP contribution in [0.25, 0.3) is 17.0 Å². The second-order valence-electron chi connectivity index (χ2n) is 10.4. The molecule has 3 aromatic rings. The Balaban J connectivity index is 1.34. The number of benzene rings is 2. The normalized spacial score (nSPS) is 17.9. The van der Waals surface area contributed by atoms with Gasteiger partial charge in [-0.05, 0) is 109 Å². The van der Waals surface area contributed by atoms with Gasteiger partial charge in [0.05, 0.1) is 22.3 Å². The molecule has 0 aliphatic carbocycles. The van der Waals surface area contributed by atoms with Crippen LogP contribution in [0.4, 0.5) is 10.1 Å².